The summed E-state index contributed by atoms with van der Waals surface area (Å²) >= 11 is 0. The standard InChI is InChI=1S/C32H32N4O3/c1-22-19-24(3)28(20-23(22)2)29-13-14-30(34-33-29)35-15-17-36(18-16-35)31(37)21-39-27-11-9-26(10-12-27)32(38)25-7-5-4-6-8-25/h4-14,19-20H,15-18,21H2,1-3H3. The first-order valence-corrected chi connectivity index (χ1v) is 13.2. The van der Waals surface area contributed by atoms with Crippen LogP contribution < -0.4 is 9.64 Å². The van der Waals surface area contributed by atoms with Crippen LogP contribution in [-0.2, 0) is 4.79 Å². The molecule has 0 aliphatic carbocycles. The van der Waals surface area contributed by atoms with Crippen molar-refractivity contribution in [3.8, 4) is 17.0 Å². The van der Waals surface area contributed by atoms with Gasteiger partial charge in [-0.3, -0.25) is 9.59 Å². The van der Waals surface area contributed by atoms with Crippen LogP contribution in [0.15, 0.2) is 78.9 Å². The Morgan fingerprint density at radius 2 is 1.41 bits per heavy atom. The van der Waals surface area contributed by atoms with E-state index >= 15 is 0 Å². The average molecular weight is 521 g/mol. The van der Waals surface area contributed by atoms with Crippen molar-refractivity contribution in [1.82, 2.24) is 15.1 Å². The number of hydrogen-bond acceptors (Lipinski definition) is 6. The zero-order valence-electron chi connectivity index (χ0n) is 22.6. The van der Waals surface area contributed by atoms with Crippen LogP contribution in [0.1, 0.15) is 32.6 Å². The lowest BCUT2D eigenvalue weighted by Gasteiger charge is -2.35. The molecule has 5 rings (SSSR count). The van der Waals surface area contributed by atoms with E-state index in [0.29, 0.717) is 43.1 Å². The highest BCUT2D eigenvalue weighted by molar-refractivity contribution is 6.09. The Labute approximate surface area is 229 Å². The Morgan fingerprint density at radius 3 is 2.08 bits per heavy atom. The zero-order chi connectivity index (χ0) is 27.4. The van der Waals surface area contributed by atoms with E-state index in [-0.39, 0.29) is 18.3 Å². The van der Waals surface area contributed by atoms with Gasteiger partial charge in [-0.2, -0.15) is 0 Å². The number of carbonyl (C=O) groups excluding carboxylic acids is 2. The maximum absolute atomic E-state index is 12.8. The van der Waals surface area contributed by atoms with Crippen molar-refractivity contribution >= 4 is 17.5 Å². The lowest BCUT2D eigenvalue weighted by atomic mass is 9.99. The van der Waals surface area contributed by atoms with Crippen molar-refractivity contribution in [3.63, 3.8) is 0 Å². The number of ether oxygens (including phenoxy) is 1. The van der Waals surface area contributed by atoms with Gasteiger partial charge in [-0.1, -0.05) is 36.4 Å². The van der Waals surface area contributed by atoms with E-state index in [1.54, 1.807) is 36.4 Å². The van der Waals surface area contributed by atoms with Crippen LogP contribution in [0.3, 0.4) is 0 Å². The number of benzene rings is 3. The molecule has 1 aliphatic heterocycles. The molecule has 4 aromatic rings. The molecule has 7 heteroatoms. The summed E-state index contributed by atoms with van der Waals surface area (Å²) in [5.41, 5.74) is 6.88. The number of rotatable bonds is 7. The molecular weight excluding hydrogens is 488 g/mol. The SMILES string of the molecule is Cc1cc(C)c(-c2ccc(N3CCN(C(=O)COc4ccc(C(=O)c5ccccc5)cc4)CC3)nn2)cc1C. The number of ketones is 1. The number of nitrogens with zero attached hydrogens (tertiary/aromatic N) is 4. The Hall–Kier alpha value is -4.52. The summed E-state index contributed by atoms with van der Waals surface area (Å²) in [5, 5.41) is 8.97. The quantitative estimate of drug-likeness (QED) is 0.318. The number of anilines is 1. The lowest BCUT2D eigenvalue weighted by molar-refractivity contribution is -0.133. The summed E-state index contributed by atoms with van der Waals surface area (Å²) < 4.78 is 5.72. The highest BCUT2D eigenvalue weighted by atomic mass is 16.5. The molecule has 0 spiro atoms. The van der Waals surface area contributed by atoms with Gasteiger partial charge < -0.3 is 14.5 Å². The monoisotopic (exact) mass is 520 g/mol. The van der Waals surface area contributed by atoms with Gasteiger partial charge in [0.1, 0.15) is 5.75 Å². The van der Waals surface area contributed by atoms with Gasteiger partial charge in [0.25, 0.3) is 5.91 Å². The van der Waals surface area contributed by atoms with Gasteiger partial charge in [-0.25, -0.2) is 0 Å². The van der Waals surface area contributed by atoms with Crippen LogP contribution in [0.25, 0.3) is 11.3 Å². The van der Waals surface area contributed by atoms with Gasteiger partial charge in [0, 0.05) is 42.9 Å². The molecule has 1 fully saturated rings. The molecule has 7 nitrogen and oxygen atoms in total. The second-order valence-electron chi connectivity index (χ2n) is 9.90. The molecule has 0 bridgehead atoms. The molecule has 198 valence electrons. The molecule has 3 aromatic carbocycles. The molecule has 2 heterocycles. The Kier molecular flexibility index (Phi) is 7.68. The second-order valence-corrected chi connectivity index (χ2v) is 9.90. The van der Waals surface area contributed by atoms with Gasteiger partial charge in [0.05, 0.1) is 5.69 Å². The summed E-state index contributed by atoms with van der Waals surface area (Å²) in [7, 11) is 0. The van der Waals surface area contributed by atoms with Gasteiger partial charge in [-0.15, -0.1) is 10.2 Å². The maximum atomic E-state index is 12.8. The van der Waals surface area contributed by atoms with Crippen molar-refractivity contribution in [3.05, 3.63) is 107 Å². The lowest BCUT2D eigenvalue weighted by Crippen LogP contribution is -2.50. The molecule has 0 radical (unpaired) electrons. The summed E-state index contributed by atoms with van der Waals surface area (Å²) in [6.45, 7) is 8.81. The number of aryl methyl sites for hydroxylation is 3. The third-order valence-corrected chi connectivity index (χ3v) is 7.24. The minimum Gasteiger partial charge on any atom is -0.484 e. The average Bonchev–Trinajstić information content (AvgIpc) is 2.98. The molecule has 39 heavy (non-hydrogen) atoms. The summed E-state index contributed by atoms with van der Waals surface area (Å²) in [6, 6.07) is 24.4. The third kappa shape index (κ3) is 5.98. The van der Waals surface area contributed by atoms with Gasteiger partial charge in [0.2, 0.25) is 0 Å². The zero-order valence-corrected chi connectivity index (χ0v) is 22.6. The number of piperazine rings is 1. The molecule has 0 N–H and O–H groups in total. The first-order chi connectivity index (χ1) is 18.9. The fourth-order valence-electron chi connectivity index (χ4n) is 4.75. The van der Waals surface area contributed by atoms with Gasteiger partial charge in [0.15, 0.2) is 18.2 Å². The van der Waals surface area contributed by atoms with E-state index in [9.17, 15) is 9.59 Å². The topological polar surface area (TPSA) is 75.6 Å². The van der Waals surface area contributed by atoms with Crippen molar-refractivity contribution in [1.29, 1.82) is 0 Å². The largest absolute Gasteiger partial charge is 0.484 e. The number of carbonyl (C=O) groups is 2. The predicted molar refractivity (Wildman–Crippen MR) is 152 cm³/mol. The third-order valence-electron chi connectivity index (χ3n) is 7.24. The van der Waals surface area contributed by atoms with Crippen LogP contribution >= 0.6 is 0 Å². The Bertz CT molecular complexity index is 1460. The molecule has 0 unspecified atom stereocenters. The van der Waals surface area contributed by atoms with Crippen LogP contribution in [-0.4, -0.2) is 59.6 Å². The van der Waals surface area contributed by atoms with Crippen LogP contribution in [0.5, 0.6) is 5.75 Å². The Morgan fingerprint density at radius 1 is 0.744 bits per heavy atom. The summed E-state index contributed by atoms with van der Waals surface area (Å²) in [5.74, 6) is 1.26. The van der Waals surface area contributed by atoms with E-state index in [1.165, 1.54) is 16.7 Å². The van der Waals surface area contributed by atoms with E-state index in [4.69, 9.17) is 4.74 Å². The van der Waals surface area contributed by atoms with Crippen molar-refractivity contribution in [2.75, 3.05) is 37.7 Å². The van der Waals surface area contributed by atoms with Crippen molar-refractivity contribution < 1.29 is 14.3 Å². The van der Waals surface area contributed by atoms with E-state index < -0.39 is 0 Å². The van der Waals surface area contributed by atoms with Gasteiger partial charge >= 0.3 is 0 Å². The number of aromatic nitrogens is 2. The first-order valence-electron chi connectivity index (χ1n) is 13.2. The molecule has 0 saturated carbocycles. The summed E-state index contributed by atoms with van der Waals surface area (Å²) in [4.78, 5) is 29.3. The van der Waals surface area contributed by atoms with Gasteiger partial charge in [-0.05, 0) is 79.9 Å². The molecule has 0 atom stereocenters. The maximum Gasteiger partial charge on any atom is 0.260 e. The highest BCUT2D eigenvalue weighted by Crippen LogP contribution is 2.26. The molecular formula is C32H32N4O3. The Balaban J connectivity index is 1.11. The fraction of sp³-hybridized carbons (Fsp3) is 0.250. The second kappa shape index (κ2) is 11.5. The number of hydrogen-bond donors (Lipinski definition) is 0. The molecule has 1 amide bonds. The van der Waals surface area contributed by atoms with Crippen molar-refractivity contribution in [2.24, 2.45) is 0 Å². The highest BCUT2D eigenvalue weighted by Gasteiger charge is 2.23. The molecule has 1 aliphatic rings. The minimum absolute atomic E-state index is 0.0456. The van der Waals surface area contributed by atoms with Crippen LogP contribution in [0, 0.1) is 20.8 Å². The van der Waals surface area contributed by atoms with E-state index in [1.807, 2.05) is 35.2 Å². The fourth-order valence-corrected chi connectivity index (χ4v) is 4.75. The minimum atomic E-state index is -0.0641. The predicted octanol–water partition coefficient (Wildman–Crippen LogP) is 5.03. The normalized spacial score (nSPS) is 13.3. The number of amides is 1. The molecule has 1 saturated heterocycles. The molecule has 1 aromatic heterocycles. The van der Waals surface area contributed by atoms with Crippen LogP contribution in [0.4, 0.5) is 5.82 Å². The first kappa shape index (κ1) is 26.1. The summed E-state index contributed by atoms with van der Waals surface area (Å²) in [6.07, 6.45) is 0. The smallest absolute Gasteiger partial charge is 0.260 e. The van der Waals surface area contributed by atoms with E-state index in [2.05, 4.69) is 48.0 Å². The van der Waals surface area contributed by atoms with Crippen LogP contribution in [0.2, 0.25) is 0 Å². The van der Waals surface area contributed by atoms with E-state index in [0.717, 1.165) is 17.1 Å². The van der Waals surface area contributed by atoms with Crippen molar-refractivity contribution in [2.45, 2.75) is 20.8 Å².